The maximum Gasteiger partial charge on any atom is 0.407 e. The van der Waals surface area contributed by atoms with Crippen molar-refractivity contribution in [2.75, 3.05) is 32.8 Å². The van der Waals surface area contributed by atoms with Gasteiger partial charge in [0, 0.05) is 19.0 Å². The Morgan fingerprint density at radius 3 is 2.31 bits per heavy atom. The minimum absolute atomic E-state index is 0.0148. The van der Waals surface area contributed by atoms with Crippen LogP contribution < -0.4 is 5.32 Å². The molecule has 1 aliphatic heterocycles. The summed E-state index contributed by atoms with van der Waals surface area (Å²) >= 11 is 0. The van der Waals surface area contributed by atoms with E-state index in [1.807, 2.05) is 38.1 Å². The molecule has 2 aromatic rings. The molecule has 2 amide bonds. The lowest BCUT2D eigenvalue weighted by Gasteiger charge is -2.25. The number of ether oxygens (including phenoxy) is 2. The van der Waals surface area contributed by atoms with Crippen LogP contribution in [0.15, 0.2) is 48.5 Å². The molecular formula is C27H32N2O6. The van der Waals surface area contributed by atoms with Gasteiger partial charge in [-0.15, -0.1) is 0 Å². The molecule has 8 heteroatoms. The molecule has 1 fully saturated rings. The van der Waals surface area contributed by atoms with Crippen LogP contribution in [0.1, 0.15) is 37.3 Å². The molecule has 2 unspecified atom stereocenters. The number of hydrogen-bond acceptors (Lipinski definition) is 5. The summed E-state index contributed by atoms with van der Waals surface area (Å²) in [4.78, 5) is 37.8. The maximum atomic E-state index is 12.8. The van der Waals surface area contributed by atoms with Crippen molar-refractivity contribution in [3.63, 3.8) is 0 Å². The van der Waals surface area contributed by atoms with Crippen LogP contribution in [0.5, 0.6) is 0 Å². The lowest BCUT2D eigenvalue weighted by atomic mass is 9.98. The van der Waals surface area contributed by atoms with E-state index in [1.165, 1.54) is 16.0 Å². The smallest absolute Gasteiger partial charge is 0.407 e. The number of nitrogens with zero attached hydrogens (tertiary/aromatic N) is 1. The number of carbonyl (C=O) groups excluding carboxylic acids is 2. The third-order valence-corrected chi connectivity index (χ3v) is 6.47. The quantitative estimate of drug-likeness (QED) is 0.569. The van der Waals surface area contributed by atoms with Crippen LogP contribution in [0, 0.1) is 11.8 Å². The van der Waals surface area contributed by atoms with Crippen molar-refractivity contribution >= 4 is 18.0 Å². The molecule has 0 radical (unpaired) electrons. The highest BCUT2D eigenvalue weighted by atomic mass is 16.5. The summed E-state index contributed by atoms with van der Waals surface area (Å²) in [5, 5.41) is 11.9. The zero-order valence-electron chi connectivity index (χ0n) is 20.1. The average Bonchev–Trinajstić information content (AvgIpc) is 3.43. The lowest BCUT2D eigenvalue weighted by Crippen LogP contribution is -2.42. The Morgan fingerprint density at radius 2 is 1.71 bits per heavy atom. The van der Waals surface area contributed by atoms with E-state index in [2.05, 4.69) is 29.6 Å². The molecule has 4 rings (SSSR count). The van der Waals surface area contributed by atoms with E-state index in [9.17, 15) is 14.4 Å². The number of amides is 2. The van der Waals surface area contributed by atoms with Gasteiger partial charge >= 0.3 is 12.1 Å². The van der Waals surface area contributed by atoms with Crippen molar-refractivity contribution in [3.8, 4) is 11.1 Å². The van der Waals surface area contributed by atoms with E-state index >= 15 is 0 Å². The Morgan fingerprint density at radius 1 is 1.09 bits per heavy atom. The van der Waals surface area contributed by atoms with E-state index in [0.29, 0.717) is 13.0 Å². The summed E-state index contributed by atoms with van der Waals surface area (Å²) in [6.45, 7) is 4.60. The number of carbonyl (C=O) groups is 3. The number of carboxylic acid groups (broad SMARTS) is 1. The zero-order chi connectivity index (χ0) is 24.9. The van der Waals surface area contributed by atoms with Gasteiger partial charge in [-0.25, -0.2) is 4.79 Å². The van der Waals surface area contributed by atoms with Crippen LogP contribution in [0.4, 0.5) is 4.79 Å². The topological polar surface area (TPSA) is 105 Å². The summed E-state index contributed by atoms with van der Waals surface area (Å²) in [7, 11) is 0. The molecule has 0 saturated carbocycles. The van der Waals surface area contributed by atoms with Crippen LogP contribution in [0.3, 0.4) is 0 Å². The first-order valence-electron chi connectivity index (χ1n) is 12.0. The average molecular weight is 481 g/mol. The van der Waals surface area contributed by atoms with Gasteiger partial charge in [0.05, 0.1) is 18.6 Å². The molecule has 2 atom stereocenters. The van der Waals surface area contributed by atoms with Gasteiger partial charge in [-0.05, 0) is 34.6 Å². The Bertz CT molecular complexity index is 1040. The largest absolute Gasteiger partial charge is 0.480 e. The molecule has 1 heterocycles. The second-order valence-corrected chi connectivity index (χ2v) is 9.60. The Hall–Kier alpha value is -3.39. The van der Waals surface area contributed by atoms with E-state index in [0.717, 1.165) is 11.1 Å². The molecule has 0 aromatic heterocycles. The molecule has 1 saturated heterocycles. The van der Waals surface area contributed by atoms with Crippen LogP contribution in [0.2, 0.25) is 0 Å². The Labute approximate surface area is 205 Å². The highest BCUT2D eigenvalue weighted by Gasteiger charge is 2.35. The van der Waals surface area contributed by atoms with Gasteiger partial charge < -0.3 is 24.8 Å². The van der Waals surface area contributed by atoms with Crippen molar-refractivity contribution in [1.82, 2.24) is 10.2 Å². The zero-order valence-corrected chi connectivity index (χ0v) is 20.1. The standard InChI is InChI=1S/C27H32N2O6/c1-17(2)13-29(14-25(30)31)26(32)18-11-19(34-15-18)12-28-27(33)35-16-24-22-9-5-3-7-20(22)21-8-4-6-10-23(21)24/h3-10,17-19,24H,11-16H2,1-2H3,(H,28,33)(H,30,31). The van der Waals surface area contributed by atoms with Gasteiger partial charge in [0.2, 0.25) is 5.91 Å². The SMILES string of the molecule is CC(C)CN(CC(=O)O)C(=O)C1COC(CNC(=O)OCC2c3ccccc3-c3ccccc32)C1. The fourth-order valence-corrected chi connectivity index (χ4v) is 4.96. The first-order valence-corrected chi connectivity index (χ1v) is 12.0. The summed E-state index contributed by atoms with van der Waals surface area (Å²) in [5.74, 6) is -1.52. The summed E-state index contributed by atoms with van der Waals surface area (Å²) in [6, 6.07) is 16.3. The third kappa shape index (κ3) is 5.82. The second kappa shape index (κ2) is 10.9. The number of carboxylic acids is 1. The summed E-state index contributed by atoms with van der Waals surface area (Å²) in [6.07, 6.45) is -0.427. The number of fused-ring (bicyclic) bond motifs is 3. The Kier molecular flexibility index (Phi) is 7.70. The van der Waals surface area contributed by atoms with E-state index < -0.39 is 18.0 Å². The van der Waals surface area contributed by atoms with E-state index in [1.54, 1.807) is 0 Å². The first-order chi connectivity index (χ1) is 16.8. The van der Waals surface area contributed by atoms with E-state index in [4.69, 9.17) is 14.6 Å². The van der Waals surface area contributed by atoms with Crippen LogP contribution in [-0.4, -0.2) is 66.9 Å². The van der Waals surface area contributed by atoms with Crippen molar-refractivity contribution in [3.05, 3.63) is 59.7 Å². The number of nitrogens with one attached hydrogen (secondary N) is 1. The number of hydrogen-bond donors (Lipinski definition) is 2. The fraction of sp³-hybridized carbons (Fsp3) is 0.444. The van der Waals surface area contributed by atoms with Gasteiger partial charge in [-0.1, -0.05) is 62.4 Å². The highest BCUT2D eigenvalue weighted by molar-refractivity contribution is 5.83. The summed E-state index contributed by atoms with van der Waals surface area (Å²) in [5.41, 5.74) is 4.63. The minimum Gasteiger partial charge on any atom is -0.480 e. The van der Waals surface area contributed by atoms with Gasteiger partial charge in [-0.2, -0.15) is 0 Å². The van der Waals surface area contributed by atoms with Crippen LogP contribution >= 0.6 is 0 Å². The Balaban J connectivity index is 1.26. The third-order valence-electron chi connectivity index (χ3n) is 6.47. The molecular weight excluding hydrogens is 448 g/mol. The van der Waals surface area contributed by atoms with E-state index in [-0.39, 0.29) is 50.2 Å². The molecule has 2 aromatic carbocycles. The molecule has 0 bridgehead atoms. The molecule has 2 N–H and O–H groups in total. The number of benzene rings is 2. The monoisotopic (exact) mass is 480 g/mol. The first kappa shape index (κ1) is 24.7. The van der Waals surface area contributed by atoms with Crippen molar-refractivity contribution < 1.29 is 29.0 Å². The van der Waals surface area contributed by atoms with Crippen LogP contribution in [-0.2, 0) is 19.1 Å². The molecule has 0 spiro atoms. The highest BCUT2D eigenvalue weighted by Crippen LogP contribution is 2.44. The second-order valence-electron chi connectivity index (χ2n) is 9.60. The molecule has 2 aliphatic rings. The van der Waals surface area contributed by atoms with Gasteiger partial charge in [0.25, 0.3) is 0 Å². The fourth-order valence-electron chi connectivity index (χ4n) is 4.96. The lowest BCUT2D eigenvalue weighted by molar-refractivity contribution is -0.146. The van der Waals surface area contributed by atoms with Crippen LogP contribution in [0.25, 0.3) is 11.1 Å². The number of aliphatic carboxylic acids is 1. The maximum absolute atomic E-state index is 12.8. The molecule has 35 heavy (non-hydrogen) atoms. The van der Waals surface area contributed by atoms with Crippen molar-refractivity contribution in [1.29, 1.82) is 0 Å². The molecule has 186 valence electrons. The normalized spacial score (nSPS) is 18.7. The predicted octanol–water partition coefficient (Wildman–Crippen LogP) is 3.50. The molecule has 8 nitrogen and oxygen atoms in total. The number of alkyl carbamates (subject to hydrolysis) is 1. The summed E-state index contributed by atoms with van der Waals surface area (Å²) < 4.78 is 11.3. The van der Waals surface area contributed by atoms with Crippen molar-refractivity contribution in [2.45, 2.75) is 32.3 Å². The predicted molar refractivity (Wildman–Crippen MR) is 130 cm³/mol. The minimum atomic E-state index is -1.04. The molecule has 1 aliphatic carbocycles. The van der Waals surface area contributed by atoms with Crippen molar-refractivity contribution in [2.24, 2.45) is 11.8 Å². The van der Waals surface area contributed by atoms with Gasteiger partial charge in [-0.3, -0.25) is 9.59 Å². The van der Waals surface area contributed by atoms with Gasteiger partial charge in [0.15, 0.2) is 0 Å². The number of rotatable bonds is 9. The van der Waals surface area contributed by atoms with Gasteiger partial charge in [0.1, 0.15) is 13.2 Å².